The van der Waals surface area contributed by atoms with Gasteiger partial charge < -0.3 is 37.9 Å². The molecule has 35 heavy (non-hydrogen) atoms. The molecule has 0 heterocycles. The van der Waals surface area contributed by atoms with Crippen LogP contribution in [0.25, 0.3) is 0 Å². The summed E-state index contributed by atoms with van der Waals surface area (Å²) in [4.78, 5) is 0. The number of para-hydroxylation sites is 1. The first-order valence-electron chi connectivity index (χ1n) is 12.7. The van der Waals surface area contributed by atoms with E-state index < -0.39 is 0 Å². The van der Waals surface area contributed by atoms with Gasteiger partial charge in [-0.2, -0.15) is 0 Å². The van der Waals surface area contributed by atoms with Crippen molar-refractivity contribution in [3.63, 3.8) is 0 Å². The van der Waals surface area contributed by atoms with Crippen molar-refractivity contribution in [2.24, 2.45) is 0 Å². The van der Waals surface area contributed by atoms with Gasteiger partial charge in [0.15, 0.2) is 0 Å². The molecule has 0 aromatic heterocycles. The van der Waals surface area contributed by atoms with Crippen LogP contribution in [0, 0.1) is 0 Å². The third kappa shape index (κ3) is 24.9. The molecule has 0 N–H and O–H groups in total. The van der Waals surface area contributed by atoms with E-state index in [0.717, 1.165) is 18.8 Å². The van der Waals surface area contributed by atoms with E-state index in [4.69, 9.17) is 37.9 Å². The predicted molar refractivity (Wildman–Crippen MR) is 145 cm³/mol. The van der Waals surface area contributed by atoms with E-state index in [1.165, 1.54) is 23.7 Å². The molecule has 0 atom stereocenters. The second-order valence-corrected chi connectivity index (χ2v) is 8.63. The first-order valence-corrected chi connectivity index (χ1v) is 14.2. The van der Waals surface area contributed by atoms with Crippen LogP contribution in [0.5, 0.6) is 5.75 Å². The van der Waals surface area contributed by atoms with Crippen molar-refractivity contribution in [3.8, 4) is 5.75 Å². The Balaban J connectivity index is 1.63. The minimum absolute atomic E-state index is 0.528. The largest absolute Gasteiger partial charge is 0.491 e. The molecule has 0 amide bonds. The number of ether oxygens (including phenoxy) is 8. The van der Waals surface area contributed by atoms with Crippen molar-refractivity contribution in [3.05, 3.63) is 30.3 Å². The number of benzene rings is 1. The third-order valence-electron chi connectivity index (χ3n) is 4.64. The lowest BCUT2D eigenvalue weighted by molar-refractivity contribution is -0.0213. The lowest BCUT2D eigenvalue weighted by atomic mass is 10.2. The van der Waals surface area contributed by atoms with Gasteiger partial charge in [0.2, 0.25) is 0 Å². The second-order valence-electron chi connectivity index (χ2n) is 7.55. The predicted octanol–water partition coefficient (Wildman–Crippen LogP) is 4.18. The third-order valence-corrected chi connectivity index (χ3v) is 5.41. The van der Waals surface area contributed by atoms with Gasteiger partial charge in [-0.05, 0) is 29.4 Å². The number of unbranched alkanes of at least 4 members (excludes halogenated alkanes) is 3. The van der Waals surface area contributed by atoms with Gasteiger partial charge >= 0.3 is 0 Å². The standard InChI is InChI=1S/C26H45IO8/c27-10-6-1-2-7-11-28-12-13-29-14-15-30-16-17-31-18-19-32-20-21-33-22-23-34-24-25-35-26-8-4-3-5-9-26/h3-5,8-9H,1-2,6-7,10-25H2. The summed E-state index contributed by atoms with van der Waals surface area (Å²) >= 11 is 2.42. The molecule has 8 nitrogen and oxygen atoms in total. The summed E-state index contributed by atoms with van der Waals surface area (Å²) in [7, 11) is 0. The summed E-state index contributed by atoms with van der Waals surface area (Å²) in [5.41, 5.74) is 0. The van der Waals surface area contributed by atoms with Crippen molar-refractivity contribution < 1.29 is 37.9 Å². The number of halogens is 1. The summed E-state index contributed by atoms with van der Waals surface area (Å²) < 4.78 is 45.2. The minimum Gasteiger partial charge on any atom is -0.491 e. The van der Waals surface area contributed by atoms with Crippen molar-refractivity contribution in [2.75, 3.05) is 104 Å². The SMILES string of the molecule is ICCCCCCOCCOCCOCCOCCOCCOCCOCCOc1ccccc1. The first-order chi connectivity index (χ1) is 17.4. The van der Waals surface area contributed by atoms with Crippen LogP contribution in [0.4, 0.5) is 0 Å². The Morgan fingerprint density at radius 1 is 0.400 bits per heavy atom. The molecule has 204 valence electrons. The molecule has 0 aliphatic heterocycles. The Hall–Kier alpha value is -0.530. The monoisotopic (exact) mass is 612 g/mol. The summed E-state index contributed by atoms with van der Waals surface area (Å²) in [5, 5.41) is 0. The van der Waals surface area contributed by atoms with Gasteiger partial charge in [-0.25, -0.2) is 0 Å². The van der Waals surface area contributed by atoms with Crippen LogP contribution in [0.3, 0.4) is 0 Å². The van der Waals surface area contributed by atoms with Crippen LogP contribution >= 0.6 is 22.6 Å². The van der Waals surface area contributed by atoms with Crippen LogP contribution in [0.2, 0.25) is 0 Å². The second kappa shape index (κ2) is 28.0. The fraction of sp³-hybridized carbons (Fsp3) is 0.769. The number of rotatable bonds is 28. The van der Waals surface area contributed by atoms with Gasteiger partial charge in [0.1, 0.15) is 12.4 Å². The van der Waals surface area contributed by atoms with Gasteiger partial charge in [0.05, 0.1) is 85.9 Å². The maximum absolute atomic E-state index is 5.55. The lowest BCUT2D eigenvalue weighted by Crippen LogP contribution is -2.15. The van der Waals surface area contributed by atoms with Crippen LogP contribution in [-0.2, 0) is 33.2 Å². The Kier molecular flexibility index (Phi) is 26.0. The minimum atomic E-state index is 0.528. The molecular weight excluding hydrogens is 567 g/mol. The number of hydrogen-bond donors (Lipinski definition) is 0. The molecular formula is C26H45IO8. The number of alkyl halides is 1. The van der Waals surface area contributed by atoms with E-state index in [2.05, 4.69) is 22.6 Å². The normalized spacial score (nSPS) is 11.2. The van der Waals surface area contributed by atoms with Crippen molar-refractivity contribution in [1.82, 2.24) is 0 Å². The Labute approximate surface area is 225 Å². The maximum atomic E-state index is 5.55. The molecule has 0 aliphatic rings. The molecule has 1 aromatic carbocycles. The highest BCUT2D eigenvalue weighted by atomic mass is 127. The van der Waals surface area contributed by atoms with Crippen LogP contribution in [-0.4, -0.2) is 104 Å². The Morgan fingerprint density at radius 3 is 1.20 bits per heavy atom. The van der Waals surface area contributed by atoms with E-state index in [0.29, 0.717) is 92.5 Å². The van der Waals surface area contributed by atoms with Gasteiger partial charge in [-0.3, -0.25) is 0 Å². The molecule has 0 spiro atoms. The molecule has 1 aromatic rings. The van der Waals surface area contributed by atoms with E-state index in [1.807, 2.05) is 30.3 Å². The maximum Gasteiger partial charge on any atom is 0.119 e. The molecule has 0 aliphatic carbocycles. The van der Waals surface area contributed by atoms with Crippen LogP contribution < -0.4 is 4.74 Å². The first kappa shape index (κ1) is 32.5. The Morgan fingerprint density at radius 2 is 0.771 bits per heavy atom. The fourth-order valence-electron chi connectivity index (χ4n) is 2.81. The topological polar surface area (TPSA) is 73.8 Å². The van der Waals surface area contributed by atoms with Gasteiger partial charge in [0, 0.05) is 6.61 Å². The molecule has 0 bridgehead atoms. The summed E-state index contributed by atoms with van der Waals surface area (Å²) in [5.74, 6) is 0.853. The summed E-state index contributed by atoms with van der Waals surface area (Å²) in [6, 6.07) is 9.70. The van der Waals surface area contributed by atoms with E-state index in [1.54, 1.807) is 0 Å². The average molecular weight is 613 g/mol. The molecule has 0 fully saturated rings. The van der Waals surface area contributed by atoms with E-state index in [-0.39, 0.29) is 0 Å². The van der Waals surface area contributed by atoms with Crippen LogP contribution in [0.1, 0.15) is 25.7 Å². The molecule has 0 saturated carbocycles. The fourth-order valence-corrected chi connectivity index (χ4v) is 3.35. The highest BCUT2D eigenvalue weighted by molar-refractivity contribution is 14.1. The average Bonchev–Trinajstić information content (AvgIpc) is 2.89. The molecule has 0 saturated heterocycles. The summed E-state index contributed by atoms with van der Waals surface area (Å²) in [6.45, 7) is 8.65. The molecule has 0 radical (unpaired) electrons. The summed E-state index contributed by atoms with van der Waals surface area (Å²) in [6.07, 6.45) is 5.00. The zero-order valence-electron chi connectivity index (χ0n) is 21.2. The molecule has 9 heteroatoms. The highest BCUT2D eigenvalue weighted by Crippen LogP contribution is 2.07. The zero-order valence-corrected chi connectivity index (χ0v) is 23.3. The highest BCUT2D eigenvalue weighted by Gasteiger charge is 1.96. The molecule has 1 rings (SSSR count). The number of hydrogen-bond acceptors (Lipinski definition) is 8. The van der Waals surface area contributed by atoms with Crippen molar-refractivity contribution >= 4 is 22.6 Å². The molecule has 0 unspecified atom stereocenters. The smallest absolute Gasteiger partial charge is 0.119 e. The van der Waals surface area contributed by atoms with Gasteiger partial charge in [0.25, 0.3) is 0 Å². The zero-order chi connectivity index (χ0) is 24.9. The van der Waals surface area contributed by atoms with Gasteiger partial charge in [-0.1, -0.05) is 53.6 Å². The van der Waals surface area contributed by atoms with Crippen LogP contribution in [0.15, 0.2) is 30.3 Å². The van der Waals surface area contributed by atoms with Gasteiger partial charge in [-0.15, -0.1) is 0 Å². The quantitative estimate of drug-likeness (QED) is 0.0794. The van der Waals surface area contributed by atoms with E-state index in [9.17, 15) is 0 Å². The Bertz CT molecular complexity index is 523. The van der Waals surface area contributed by atoms with Crippen molar-refractivity contribution in [1.29, 1.82) is 0 Å². The van der Waals surface area contributed by atoms with E-state index >= 15 is 0 Å². The lowest BCUT2D eigenvalue weighted by Gasteiger charge is -2.09. The van der Waals surface area contributed by atoms with Crippen molar-refractivity contribution in [2.45, 2.75) is 25.7 Å².